The molecule has 1 saturated heterocycles. The summed E-state index contributed by atoms with van der Waals surface area (Å²) in [5, 5.41) is 24.5. The number of allylic oxidation sites excluding steroid dienone is 1. The molecule has 0 unspecified atom stereocenters. The van der Waals surface area contributed by atoms with E-state index in [0.717, 1.165) is 25.7 Å². The maximum Gasteiger partial charge on any atom is 0.242 e. The van der Waals surface area contributed by atoms with Crippen LogP contribution in [0.3, 0.4) is 0 Å². The number of hydroxylamine groups is 1. The summed E-state index contributed by atoms with van der Waals surface area (Å²) >= 11 is 0. The number of nitrogens with zero attached hydrogens (tertiary/aromatic N) is 1. The topological polar surface area (TPSA) is 123 Å². The van der Waals surface area contributed by atoms with E-state index in [2.05, 4.69) is 22.7 Å². The third-order valence-corrected chi connectivity index (χ3v) is 5.98. The first kappa shape index (κ1) is 25.6. The number of nitrogens with one attached hydrogen (secondary N) is 3. The number of piperidine rings is 1. The molecule has 1 aliphatic heterocycles. The molecular formula is C22H40N4O5. The van der Waals surface area contributed by atoms with E-state index in [0.29, 0.717) is 44.2 Å². The molecule has 31 heavy (non-hydrogen) atoms. The van der Waals surface area contributed by atoms with Gasteiger partial charge in [0, 0.05) is 25.3 Å². The third kappa shape index (κ3) is 9.14. The number of hydrogen-bond acceptors (Lipinski definition) is 7. The van der Waals surface area contributed by atoms with Crippen LogP contribution in [0.4, 0.5) is 0 Å². The van der Waals surface area contributed by atoms with Crippen molar-refractivity contribution < 1.29 is 24.6 Å². The fourth-order valence-electron chi connectivity index (χ4n) is 4.46. The average Bonchev–Trinajstić information content (AvgIpc) is 2.76. The number of carbonyl (C=O) groups is 2. The Morgan fingerprint density at radius 2 is 1.84 bits per heavy atom. The Balaban J connectivity index is 1.96. The molecule has 0 aromatic carbocycles. The van der Waals surface area contributed by atoms with Crippen LogP contribution in [-0.2, 0) is 14.4 Å². The standard InChI is InChI=1S/C22H40N4O5/c1-16(2)25-31-13-11-23-21(29)19-10-6-7-12-26(19)22(30)18(24-15-20(27)28)14-17-8-4-3-5-9-17/h17-20,24-25,27-28H,1,3-15H2,2H3,(H,23,29)/t18-,19+/m1/s1. The molecule has 9 nitrogen and oxygen atoms in total. The zero-order chi connectivity index (χ0) is 22.6. The lowest BCUT2D eigenvalue weighted by Crippen LogP contribution is -2.57. The molecule has 1 aliphatic carbocycles. The van der Waals surface area contributed by atoms with Crippen LogP contribution in [0.5, 0.6) is 0 Å². The van der Waals surface area contributed by atoms with Gasteiger partial charge in [0.25, 0.3) is 0 Å². The van der Waals surface area contributed by atoms with Crippen molar-refractivity contribution >= 4 is 11.8 Å². The Morgan fingerprint density at radius 3 is 2.52 bits per heavy atom. The molecular weight excluding hydrogens is 400 g/mol. The Hall–Kier alpha value is -1.68. The second-order valence-corrected chi connectivity index (χ2v) is 8.75. The second-order valence-electron chi connectivity index (χ2n) is 8.75. The van der Waals surface area contributed by atoms with Crippen LogP contribution < -0.4 is 16.1 Å². The molecule has 9 heteroatoms. The van der Waals surface area contributed by atoms with E-state index in [-0.39, 0.29) is 18.4 Å². The first-order valence-electron chi connectivity index (χ1n) is 11.6. The number of carbonyl (C=O) groups excluding carboxylic acids is 2. The zero-order valence-electron chi connectivity index (χ0n) is 18.8. The monoisotopic (exact) mass is 440 g/mol. The molecule has 0 spiro atoms. The SMILES string of the molecule is C=C(C)NOCCNC(=O)[C@@H]1CCCCN1C(=O)[C@@H](CC1CCCCC1)NCC(O)O. The summed E-state index contributed by atoms with van der Waals surface area (Å²) in [4.78, 5) is 33.1. The molecule has 0 radical (unpaired) electrons. The fourth-order valence-corrected chi connectivity index (χ4v) is 4.46. The van der Waals surface area contributed by atoms with Gasteiger partial charge in [-0.3, -0.25) is 19.9 Å². The minimum Gasteiger partial charge on any atom is -0.367 e. The lowest BCUT2D eigenvalue weighted by Gasteiger charge is -2.38. The Bertz CT molecular complexity index is 580. The first-order chi connectivity index (χ1) is 14.9. The number of aliphatic hydroxyl groups is 2. The molecule has 2 fully saturated rings. The maximum absolute atomic E-state index is 13.4. The van der Waals surface area contributed by atoms with Crippen LogP contribution >= 0.6 is 0 Å². The van der Waals surface area contributed by atoms with Gasteiger partial charge in [0.1, 0.15) is 6.04 Å². The molecule has 2 atom stereocenters. The van der Waals surface area contributed by atoms with Crippen LogP contribution in [0.15, 0.2) is 12.3 Å². The number of aliphatic hydroxyl groups excluding tert-OH is 1. The molecule has 1 heterocycles. The number of likely N-dealkylation sites (tertiary alicyclic amines) is 1. The lowest BCUT2D eigenvalue weighted by atomic mass is 9.84. The summed E-state index contributed by atoms with van der Waals surface area (Å²) < 4.78 is 0. The predicted molar refractivity (Wildman–Crippen MR) is 117 cm³/mol. The highest BCUT2D eigenvalue weighted by Crippen LogP contribution is 2.28. The summed E-state index contributed by atoms with van der Waals surface area (Å²) in [6.07, 6.45) is 7.29. The van der Waals surface area contributed by atoms with Gasteiger partial charge in [-0.2, -0.15) is 0 Å². The van der Waals surface area contributed by atoms with Crippen molar-refractivity contribution in [3.63, 3.8) is 0 Å². The minimum absolute atomic E-state index is 0.0686. The smallest absolute Gasteiger partial charge is 0.242 e. The molecule has 2 rings (SSSR count). The van der Waals surface area contributed by atoms with Crippen molar-refractivity contribution in [3.05, 3.63) is 12.3 Å². The Kier molecular flexibility index (Phi) is 11.3. The van der Waals surface area contributed by atoms with Gasteiger partial charge in [0.15, 0.2) is 6.29 Å². The van der Waals surface area contributed by atoms with E-state index in [4.69, 9.17) is 4.84 Å². The van der Waals surface area contributed by atoms with E-state index in [1.165, 1.54) is 19.3 Å². The maximum atomic E-state index is 13.4. The number of hydrogen-bond donors (Lipinski definition) is 5. The van der Waals surface area contributed by atoms with Crippen molar-refractivity contribution in [1.29, 1.82) is 0 Å². The van der Waals surface area contributed by atoms with Gasteiger partial charge in [-0.05, 0) is 38.5 Å². The Labute approximate surface area is 185 Å². The largest absolute Gasteiger partial charge is 0.367 e. The molecule has 2 aliphatic rings. The predicted octanol–water partition coefficient (Wildman–Crippen LogP) is 0.778. The van der Waals surface area contributed by atoms with Crippen LogP contribution in [0.2, 0.25) is 0 Å². The summed E-state index contributed by atoms with van der Waals surface area (Å²) in [7, 11) is 0. The van der Waals surface area contributed by atoms with Crippen molar-refractivity contribution in [2.45, 2.75) is 83.1 Å². The molecule has 2 amide bonds. The average molecular weight is 441 g/mol. The summed E-state index contributed by atoms with van der Waals surface area (Å²) in [5.41, 5.74) is 3.32. The van der Waals surface area contributed by atoms with Crippen LogP contribution in [0.1, 0.15) is 64.7 Å². The summed E-state index contributed by atoms with van der Waals surface area (Å²) in [6.45, 7) is 6.54. The van der Waals surface area contributed by atoms with E-state index in [1.807, 2.05) is 0 Å². The van der Waals surface area contributed by atoms with Gasteiger partial charge in [-0.25, -0.2) is 0 Å². The van der Waals surface area contributed by atoms with Gasteiger partial charge in [0.2, 0.25) is 11.8 Å². The highest BCUT2D eigenvalue weighted by atomic mass is 16.6. The first-order valence-corrected chi connectivity index (χ1v) is 11.6. The minimum atomic E-state index is -1.52. The van der Waals surface area contributed by atoms with Gasteiger partial charge < -0.3 is 25.7 Å². The van der Waals surface area contributed by atoms with Crippen LogP contribution in [0.25, 0.3) is 0 Å². The highest BCUT2D eigenvalue weighted by molar-refractivity contribution is 5.90. The number of amides is 2. The van der Waals surface area contributed by atoms with E-state index >= 15 is 0 Å². The van der Waals surface area contributed by atoms with E-state index in [1.54, 1.807) is 11.8 Å². The van der Waals surface area contributed by atoms with Gasteiger partial charge in [-0.15, -0.1) is 0 Å². The molecule has 0 aromatic rings. The van der Waals surface area contributed by atoms with E-state index < -0.39 is 18.4 Å². The van der Waals surface area contributed by atoms with E-state index in [9.17, 15) is 19.8 Å². The second kappa shape index (κ2) is 13.7. The van der Waals surface area contributed by atoms with Crippen LogP contribution in [-0.4, -0.2) is 71.5 Å². The van der Waals surface area contributed by atoms with Crippen LogP contribution in [0, 0.1) is 5.92 Å². The highest BCUT2D eigenvalue weighted by Gasteiger charge is 2.36. The molecule has 0 aromatic heterocycles. The van der Waals surface area contributed by atoms with Crippen molar-refractivity contribution in [3.8, 4) is 0 Å². The summed E-state index contributed by atoms with van der Waals surface area (Å²) in [6, 6.07) is -1.02. The molecule has 1 saturated carbocycles. The van der Waals surface area contributed by atoms with Gasteiger partial charge >= 0.3 is 0 Å². The summed E-state index contributed by atoms with van der Waals surface area (Å²) in [5.74, 6) is 0.151. The lowest BCUT2D eigenvalue weighted by molar-refractivity contribution is -0.144. The molecule has 5 N–H and O–H groups in total. The Morgan fingerprint density at radius 1 is 1.13 bits per heavy atom. The third-order valence-electron chi connectivity index (χ3n) is 5.98. The molecule has 178 valence electrons. The quantitative estimate of drug-likeness (QED) is 0.173. The van der Waals surface area contributed by atoms with Crippen molar-refractivity contribution in [2.75, 3.05) is 26.2 Å². The van der Waals surface area contributed by atoms with Crippen molar-refractivity contribution in [1.82, 2.24) is 21.0 Å². The van der Waals surface area contributed by atoms with Gasteiger partial charge in [0.05, 0.1) is 12.6 Å². The number of rotatable bonds is 12. The van der Waals surface area contributed by atoms with Gasteiger partial charge in [-0.1, -0.05) is 38.7 Å². The molecule has 0 bridgehead atoms. The zero-order valence-corrected chi connectivity index (χ0v) is 18.8. The fraction of sp³-hybridized carbons (Fsp3) is 0.818. The van der Waals surface area contributed by atoms with Crippen molar-refractivity contribution in [2.24, 2.45) is 5.92 Å². The normalized spacial score (nSPS) is 21.0.